The van der Waals surface area contributed by atoms with E-state index in [0.29, 0.717) is 6.26 Å². The Bertz CT molecular complexity index is 347. The van der Waals surface area contributed by atoms with Gasteiger partial charge in [-0.1, -0.05) is 0 Å². The van der Waals surface area contributed by atoms with Gasteiger partial charge in [-0.15, -0.1) is 0 Å². The Morgan fingerprint density at radius 3 is 2.42 bits per heavy atom. The van der Waals surface area contributed by atoms with Crippen molar-refractivity contribution in [1.29, 1.82) is 5.26 Å². The van der Waals surface area contributed by atoms with Crippen molar-refractivity contribution in [2.45, 2.75) is 0 Å². The fourth-order valence-corrected chi connectivity index (χ4v) is 0.689. The van der Waals surface area contributed by atoms with Gasteiger partial charge in [0.25, 0.3) is 0 Å². The summed E-state index contributed by atoms with van der Waals surface area (Å²) in [5, 5.41) is 16.2. The molecule has 0 fully saturated rings. The zero-order valence-corrected chi connectivity index (χ0v) is 6.83. The lowest BCUT2D eigenvalue weighted by molar-refractivity contribution is 0.128. The Labute approximate surface area is 68.6 Å². The largest absolute Gasteiger partial charge is 0.510 e. The molecule has 0 atom stereocenters. The highest BCUT2D eigenvalue weighted by Crippen LogP contribution is 2.02. The Morgan fingerprint density at radius 2 is 2.17 bits per heavy atom. The molecule has 66 valence electrons. The van der Waals surface area contributed by atoms with Crippen LogP contribution < -0.4 is 0 Å². The monoisotopic (exact) mass is 191 g/mol. The summed E-state index contributed by atoms with van der Waals surface area (Å²) in [6, 6.07) is 1.28. The van der Waals surface area contributed by atoms with Crippen LogP contribution >= 0.6 is 0 Å². The van der Waals surface area contributed by atoms with Gasteiger partial charge in [0.05, 0.1) is 0 Å². The van der Waals surface area contributed by atoms with Crippen LogP contribution in [0.4, 0.5) is 4.79 Å². The van der Waals surface area contributed by atoms with Crippen molar-refractivity contribution < 1.29 is 23.1 Å². The van der Waals surface area contributed by atoms with E-state index in [0.717, 1.165) is 6.26 Å². The van der Waals surface area contributed by atoms with E-state index in [-0.39, 0.29) is 0 Å². The van der Waals surface area contributed by atoms with Gasteiger partial charge in [0.2, 0.25) is 0 Å². The molecule has 0 aliphatic carbocycles. The maximum atomic E-state index is 10.6. The van der Waals surface area contributed by atoms with E-state index in [2.05, 4.69) is 4.74 Å². The fourth-order valence-electron chi connectivity index (χ4n) is 0.301. The smallest absolute Gasteiger partial charge is 0.449 e. The van der Waals surface area contributed by atoms with Crippen LogP contribution in [0.5, 0.6) is 0 Å². The highest BCUT2D eigenvalue weighted by Gasteiger charge is 2.11. The number of hydrogen-bond acceptors (Lipinski definition) is 5. The first kappa shape index (κ1) is 10.4. The van der Waals surface area contributed by atoms with E-state index in [1.54, 1.807) is 0 Å². The molecule has 0 bridgehead atoms. The van der Waals surface area contributed by atoms with Crippen LogP contribution in [-0.4, -0.2) is 25.9 Å². The molecule has 0 saturated carbocycles. The summed E-state index contributed by atoms with van der Waals surface area (Å²) in [6.07, 6.45) is -0.531. The van der Waals surface area contributed by atoms with Crippen molar-refractivity contribution in [2.24, 2.45) is 0 Å². The number of carboxylic acid groups (broad SMARTS) is 1. The summed E-state index contributed by atoms with van der Waals surface area (Å²) in [7, 11) is -3.70. The molecule has 0 aromatic heterocycles. The average Bonchev–Trinajstić information content (AvgIpc) is 1.85. The molecule has 0 radical (unpaired) electrons. The minimum absolute atomic E-state index is 0.373. The second-order valence-electron chi connectivity index (χ2n) is 1.75. The SMILES string of the molecule is CS(=O)(=O)C(C#N)=COC(=O)O. The van der Waals surface area contributed by atoms with Crippen LogP contribution in [0.1, 0.15) is 0 Å². The van der Waals surface area contributed by atoms with Crippen LogP contribution in [0.3, 0.4) is 0 Å². The lowest BCUT2D eigenvalue weighted by atomic mass is 10.7. The quantitative estimate of drug-likeness (QED) is 0.376. The van der Waals surface area contributed by atoms with Gasteiger partial charge in [-0.05, 0) is 0 Å². The third-order valence-electron chi connectivity index (χ3n) is 0.776. The molecular formula is C5H5NO5S. The van der Waals surface area contributed by atoms with Crippen molar-refractivity contribution in [3.05, 3.63) is 11.2 Å². The lowest BCUT2D eigenvalue weighted by Gasteiger charge is -1.92. The maximum Gasteiger partial charge on any atom is 0.510 e. The van der Waals surface area contributed by atoms with Crippen LogP contribution in [0.25, 0.3) is 0 Å². The highest BCUT2D eigenvalue weighted by molar-refractivity contribution is 7.94. The van der Waals surface area contributed by atoms with E-state index in [4.69, 9.17) is 10.4 Å². The summed E-state index contributed by atoms with van der Waals surface area (Å²) in [4.78, 5) is 9.04. The zero-order chi connectivity index (χ0) is 9.78. The molecule has 6 nitrogen and oxygen atoms in total. The number of rotatable bonds is 2. The third kappa shape index (κ3) is 3.58. The van der Waals surface area contributed by atoms with Crippen molar-refractivity contribution in [2.75, 3.05) is 6.26 Å². The molecule has 0 rings (SSSR count). The Morgan fingerprint density at radius 1 is 1.67 bits per heavy atom. The summed E-state index contributed by atoms with van der Waals surface area (Å²) < 4.78 is 25.0. The van der Waals surface area contributed by atoms with Crippen LogP contribution in [0.2, 0.25) is 0 Å². The van der Waals surface area contributed by atoms with Crippen molar-refractivity contribution in [1.82, 2.24) is 0 Å². The first-order chi connectivity index (χ1) is 5.38. The van der Waals surface area contributed by atoms with Crippen LogP contribution in [-0.2, 0) is 14.6 Å². The molecule has 0 aliphatic rings. The van der Waals surface area contributed by atoms with Crippen molar-refractivity contribution in [3.63, 3.8) is 0 Å². The Balaban J connectivity index is 4.73. The molecular weight excluding hydrogens is 186 g/mol. The minimum atomic E-state index is -3.70. The Kier molecular flexibility index (Phi) is 3.25. The molecule has 0 aliphatic heterocycles. The van der Waals surface area contributed by atoms with Gasteiger partial charge in [-0.3, -0.25) is 0 Å². The van der Waals surface area contributed by atoms with Gasteiger partial charge >= 0.3 is 6.16 Å². The normalized spacial score (nSPS) is 11.8. The second kappa shape index (κ2) is 3.73. The number of nitrogens with zero attached hydrogens (tertiary/aromatic N) is 1. The average molecular weight is 191 g/mol. The first-order valence-electron chi connectivity index (χ1n) is 2.58. The number of sulfone groups is 1. The van der Waals surface area contributed by atoms with E-state index in [1.165, 1.54) is 6.07 Å². The van der Waals surface area contributed by atoms with Crippen LogP contribution in [0.15, 0.2) is 11.2 Å². The molecule has 0 amide bonds. The van der Waals surface area contributed by atoms with E-state index >= 15 is 0 Å². The number of ether oxygens (including phenoxy) is 1. The second-order valence-corrected chi connectivity index (χ2v) is 3.73. The molecule has 0 spiro atoms. The molecule has 0 heterocycles. The summed E-state index contributed by atoms with van der Waals surface area (Å²) in [6.45, 7) is 0. The highest BCUT2D eigenvalue weighted by atomic mass is 32.2. The predicted molar refractivity (Wildman–Crippen MR) is 37.6 cm³/mol. The summed E-state index contributed by atoms with van der Waals surface area (Å²) >= 11 is 0. The van der Waals surface area contributed by atoms with Crippen LogP contribution in [0, 0.1) is 11.3 Å². The number of hydrogen-bond donors (Lipinski definition) is 1. The van der Waals surface area contributed by atoms with Gasteiger partial charge in [0.15, 0.2) is 14.7 Å². The maximum absolute atomic E-state index is 10.6. The third-order valence-corrected chi connectivity index (χ3v) is 1.76. The molecule has 0 aromatic carbocycles. The van der Waals surface area contributed by atoms with Gasteiger partial charge in [-0.2, -0.15) is 5.26 Å². The molecule has 0 aromatic rings. The summed E-state index contributed by atoms with van der Waals surface area (Å²) in [5.74, 6) is 0. The topological polar surface area (TPSA) is 104 Å². The first-order valence-corrected chi connectivity index (χ1v) is 4.47. The molecule has 0 unspecified atom stereocenters. The van der Waals surface area contributed by atoms with Gasteiger partial charge < -0.3 is 9.84 Å². The van der Waals surface area contributed by atoms with Gasteiger partial charge in [0, 0.05) is 6.26 Å². The predicted octanol–water partition coefficient (Wildman–Crippen LogP) is 0.0906. The van der Waals surface area contributed by atoms with E-state index < -0.39 is 20.9 Å². The van der Waals surface area contributed by atoms with Gasteiger partial charge in [-0.25, -0.2) is 13.2 Å². The van der Waals surface area contributed by atoms with Crippen molar-refractivity contribution >= 4 is 16.0 Å². The molecule has 12 heavy (non-hydrogen) atoms. The number of carbonyl (C=O) groups is 1. The van der Waals surface area contributed by atoms with Crippen molar-refractivity contribution in [3.8, 4) is 6.07 Å². The molecule has 1 N–H and O–H groups in total. The van der Waals surface area contributed by atoms with Gasteiger partial charge in [0.1, 0.15) is 12.3 Å². The Hall–Kier alpha value is -1.55. The number of nitriles is 1. The lowest BCUT2D eigenvalue weighted by Crippen LogP contribution is -2.01. The summed E-state index contributed by atoms with van der Waals surface area (Å²) in [5.41, 5.74) is 0. The van der Waals surface area contributed by atoms with E-state index in [1.807, 2.05) is 0 Å². The minimum Gasteiger partial charge on any atom is -0.449 e. The molecule has 0 saturated heterocycles. The van der Waals surface area contributed by atoms with E-state index in [9.17, 15) is 13.2 Å². The fraction of sp³-hybridized carbons (Fsp3) is 0.200. The standard InChI is InChI=1S/C5H5NO5S/c1-12(9,10)4(2-6)3-11-5(7)8/h3H,1H3,(H,7,8). The number of allylic oxidation sites excluding steroid dienone is 1. The molecule has 7 heteroatoms. The zero-order valence-electron chi connectivity index (χ0n) is 6.01.